The lowest BCUT2D eigenvalue weighted by Crippen LogP contribution is -2.38. The smallest absolute Gasteiger partial charge is 0.203 e. The molecular weight excluding hydrogens is 248 g/mol. The van der Waals surface area contributed by atoms with E-state index < -0.39 is 0 Å². The number of piperidine rings is 1. The molecule has 0 saturated carbocycles. The first kappa shape index (κ1) is 13.9. The molecule has 0 bridgehead atoms. The van der Waals surface area contributed by atoms with Gasteiger partial charge in [-0.1, -0.05) is 13.8 Å². The highest BCUT2D eigenvalue weighted by Crippen LogP contribution is 2.34. The second kappa shape index (κ2) is 5.76. The van der Waals surface area contributed by atoms with Crippen molar-refractivity contribution in [3.05, 3.63) is 11.9 Å². The van der Waals surface area contributed by atoms with Crippen LogP contribution in [0.25, 0.3) is 0 Å². The molecule has 0 spiro atoms. The van der Waals surface area contributed by atoms with Crippen molar-refractivity contribution in [3.63, 3.8) is 0 Å². The monoisotopic (exact) mass is 276 g/mol. The average molecular weight is 276 g/mol. The van der Waals surface area contributed by atoms with E-state index in [-0.39, 0.29) is 0 Å². The van der Waals surface area contributed by atoms with Gasteiger partial charge in [-0.3, -0.25) is 0 Å². The number of anilines is 1. The lowest BCUT2D eigenvalue weighted by molar-refractivity contribution is 0.156. The first-order chi connectivity index (χ1) is 9.63. The molecule has 2 aliphatic heterocycles. The average Bonchev–Trinajstić information content (AvgIpc) is 3.01. The Labute approximate surface area is 122 Å². The largest absolute Gasteiger partial charge is 0.355 e. The van der Waals surface area contributed by atoms with Gasteiger partial charge < -0.3 is 14.8 Å². The molecule has 4 heteroatoms. The highest BCUT2D eigenvalue weighted by atomic mass is 15.2. The van der Waals surface area contributed by atoms with Crippen LogP contribution in [0.3, 0.4) is 0 Å². The van der Waals surface area contributed by atoms with E-state index in [2.05, 4.69) is 46.7 Å². The van der Waals surface area contributed by atoms with Crippen molar-refractivity contribution < 1.29 is 0 Å². The third-order valence-electron chi connectivity index (χ3n) is 4.71. The van der Waals surface area contributed by atoms with Gasteiger partial charge in [0.15, 0.2) is 0 Å². The Hall–Kier alpha value is -1.03. The summed E-state index contributed by atoms with van der Waals surface area (Å²) in [6.07, 6.45) is 7.57. The summed E-state index contributed by atoms with van der Waals surface area (Å²) >= 11 is 0. The molecule has 0 amide bonds. The zero-order chi connectivity index (χ0) is 14.1. The molecule has 20 heavy (non-hydrogen) atoms. The maximum atomic E-state index is 4.68. The van der Waals surface area contributed by atoms with Crippen LogP contribution in [-0.2, 0) is 0 Å². The van der Waals surface area contributed by atoms with Gasteiger partial charge in [0.2, 0.25) is 5.95 Å². The Morgan fingerprint density at radius 1 is 1.30 bits per heavy atom. The minimum absolute atomic E-state index is 0.630. The predicted octanol–water partition coefficient (Wildman–Crippen LogP) is 3.06. The maximum absolute atomic E-state index is 4.68. The molecule has 1 N–H and O–H groups in total. The molecule has 2 fully saturated rings. The summed E-state index contributed by atoms with van der Waals surface area (Å²) in [5, 5.41) is 3.53. The summed E-state index contributed by atoms with van der Waals surface area (Å²) in [6.45, 7) is 10.2. The van der Waals surface area contributed by atoms with E-state index in [1.807, 2.05) is 0 Å². The fraction of sp³-hybridized carbons (Fsp3) is 0.812. The topological polar surface area (TPSA) is 33.1 Å². The zero-order valence-electron chi connectivity index (χ0n) is 13.1. The van der Waals surface area contributed by atoms with Gasteiger partial charge in [-0.2, -0.15) is 0 Å². The van der Waals surface area contributed by atoms with E-state index in [9.17, 15) is 0 Å². The highest BCUT2D eigenvalue weighted by Gasteiger charge is 2.33. The number of hydrogen-bond acceptors (Lipinski definition) is 3. The van der Waals surface area contributed by atoms with Crippen LogP contribution in [0, 0.1) is 12.8 Å². The molecule has 112 valence electrons. The number of nitrogens with zero attached hydrogens (tertiary/aromatic N) is 3. The van der Waals surface area contributed by atoms with E-state index >= 15 is 0 Å². The van der Waals surface area contributed by atoms with Crippen molar-refractivity contribution in [2.75, 3.05) is 25.0 Å². The maximum Gasteiger partial charge on any atom is 0.203 e. The Bertz CT molecular complexity index is 451. The molecule has 3 heterocycles. The fourth-order valence-electron chi connectivity index (χ4n) is 3.68. The summed E-state index contributed by atoms with van der Waals surface area (Å²) in [5.74, 6) is 1.73. The van der Waals surface area contributed by atoms with Crippen LogP contribution in [0.2, 0.25) is 0 Å². The van der Waals surface area contributed by atoms with Gasteiger partial charge >= 0.3 is 0 Å². The van der Waals surface area contributed by atoms with Crippen molar-refractivity contribution in [3.8, 4) is 0 Å². The SMILES string of the molecule is Cc1cn(C2CCN3CCCC3C2)c(NCC(C)C)n1. The second-order valence-corrected chi connectivity index (χ2v) is 6.90. The molecule has 2 atom stereocenters. The van der Waals surface area contributed by atoms with Gasteiger partial charge in [-0.25, -0.2) is 4.98 Å². The van der Waals surface area contributed by atoms with Crippen LogP contribution in [-0.4, -0.2) is 40.1 Å². The molecule has 2 saturated heterocycles. The van der Waals surface area contributed by atoms with E-state index in [0.29, 0.717) is 12.0 Å². The molecule has 1 aromatic rings. The number of fused-ring (bicyclic) bond motifs is 1. The Balaban J connectivity index is 1.72. The van der Waals surface area contributed by atoms with E-state index in [1.165, 1.54) is 38.8 Å². The Morgan fingerprint density at radius 2 is 2.15 bits per heavy atom. The van der Waals surface area contributed by atoms with Crippen molar-refractivity contribution in [1.82, 2.24) is 14.5 Å². The minimum atomic E-state index is 0.630. The van der Waals surface area contributed by atoms with Gasteiger partial charge in [0.05, 0.1) is 5.69 Å². The summed E-state index contributed by atoms with van der Waals surface area (Å²) < 4.78 is 2.41. The summed E-state index contributed by atoms with van der Waals surface area (Å²) in [5.41, 5.74) is 1.13. The fourth-order valence-corrected chi connectivity index (χ4v) is 3.68. The molecule has 1 aromatic heterocycles. The lowest BCUT2D eigenvalue weighted by Gasteiger charge is -2.36. The van der Waals surface area contributed by atoms with Crippen molar-refractivity contribution in [2.24, 2.45) is 5.92 Å². The summed E-state index contributed by atoms with van der Waals surface area (Å²) in [6, 6.07) is 1.44. The van der Waals surface area contributed by atoms with Gasteiger partial charge in [0.25, 0.3) is 0 Å². The van der Waals surface area contributed by atoms with Crippen LogP contribution in [0.1, 0.15) is 51.3 Å². The van der Waals surface area contributed by atoms with Crippen LogP contribution >= 0.6 is 0 Å². The van der Waals surface area contributed by atoms with Gasteiger partial charge in [-0.15, -0.1) is 0 Å². The predicted molar refractivity (Wildman–Crippen MR) is 83.2 cm³/mol. The van der Waals surface area contributed by atoms with Crippen LogP contribution in [0.4, 0.5) is 5.95 Å². The molecule has 0 aromatic carbocycles. The quantitative estimate of drug-likeness (QED) is 0.917. The lowest BCUT2D eigenvalue weighted by atomic mass is 9.97. The van der Waals surface area contributed by atoms with E-state index in [1.54, 1.807) is 0 Å². The Kier molecular flexibility index (Phi) is 4.01. The van der Waals surface area contributed by atoms with Crippen LogP contribution < -0.4 is 5.32 Å². The highest BCUT2D eigenvalue weighted by molar-refractivity contribution is 5.30. The molecule has 0 aliphatic carbocycles. The second-order valence-electron chi connectivity index (χ2n) is 6.90. The van der Waals surface area contributed by atoms with Crippen molar-refractivity contribution >= 4 is 5.95 Å². The van der Waals surface area contributed by atoms with Gasteiger partial charge in [0.1, 0.15) is 0 Å². The summed E-state index contributed by atoms with van der Waals surface area (Å²) in [7, 11) is 0. The number of rotatable bonds is 4. The van der Waals surface area contributed by atoms with E-state index in [4.69, 9.17) is 0 Å². The third-order valence-corrected chi connectivity index (χ3v) is 4.71. The zero-order valence-corrected chi connectivity index (χ0v) is 13.1. The number of aromatic nitrogens is 2. The molecule has 2 aliphatic rings. The number of nitrogens with one attached hydrogen (secondary N) is 1. The number of hydrogen-bond donors (Lipinski definition) is 1. The molecular formula is C16H28N4. The number of imidazole rings is 1. The minimum Gasteiger partial charge on any atom is -0.355 e. The van der Waals surface area contributed by atoms with Crippen LogP contribution in [0.5, 0.6) is 0 Å². The Morgan fingerprint density at radius 3 is 2.95 bits per heavy atom. The third kappa shape index (κ3) is 2.85. The van der Waals surface area contributed by atoms with Gasteiger partial charge in [0, 0.05) is 31.4 Å². The molecule has 3 rings (SSSR count). The summed E-state index contributed by atoms with van der Waals surface area (Å²) in [4.78, 5) is 7.36. The molecule has 2 unspecified atom stereocenters. The first-order valence-electron chi connectivity index (χ1n) is 8.17. The molecule has 0 radical (unpaired) electrons. The standard InChI is InChI=1S/C16H28N4/c1-12(2)10-17-16-18-13(3)11-20(16)15-6-8-19-7-4-5-14(19)9-15/h11-12,14-15H,4-10H2,1-3H3,(H,17,18). The first-order valence-corrected chi connectivity index (χ1v) is 8.17. The van der Waals surface area contributed by atoms with E-state index in [0.717, 1.165) is 24.2 Å². The van der Waals surface area contributed by atoms with Crippen molar-refractivity contribution in [2.45, 2.75) is 58.5 Å². The normalized spacial score (nSPS) is 27.0. The van der Waals surface area contributed by atoms with Crippen molar-refractivity contribution in [1.29, 1.82) is 0 Å². The van der Waals surface area contributed by atoms with Gasteiger partial charge in [-0.05, 0) is 45.1 Å². The van der Waals surface area contributed by atoms with Crippen LogP contribution in [0.15, 0.2) is 6.20 Å². The molecule has 4 nitrogen and oxygen atoms in total. The number of aryl methyl sites for hydroxylation is 1.